The Morgan fingerprint density at radius 3 is 2.34 bits per heavy atom. The number of benzene rings is 4. The number of anilines is 2. The van der Waals surface area contributed by atoms with Crippen molar-refractivity contribution in [3.8, 4) is 34.4 Å². The van der Waals surface area contributed by atoms with Crippen molar-refractivity contribution in [3.63, 3.8) is 0 Å². The molecule has 1 unspecified atom stereocenters. The lowest BCUT2D eigenvalue weighted by Gasteiger charge is -2.35. The number of ether oxygens (including phenoxy) is 1. The molecule has 1 saturated heterocycles. The molecule has 6 rings (SSSR count). The van der Waals surface area contributed by atoms with Crippen LogP contribution in [0.3, 0.4) is 0 Å². The summed E-state index contributed by atoms with van der Waals surface area (Å²) in [4.78, 5) is 8.48. The Morgan fingerprint density at radius 1 is 0.805 bits per heavy atom. The van der Waals surface area contributed by atoms with Crippen molar-refractivity contribution in [2.75, 3.05) is 43.6 Å². The maximum absolute atomic E-state index is 9.90. The number of hydrogen-bond donors (Lipinski definition) is 0. The van der Waals surface area contributed by atoms with Crippen molar-refractivity contribution < 1.29 is 4.74 Å². The molecule has 1 aliphatic rings. The minimum atomic E-state index is -0.122. The molecule has 1 aromatic heterocycles. The van der Waals surface area contributed by atoms with Crippen molar-refractivity contribution in [2.45, 2.75) is 6.10 Å². The topological polar surface area (TPSA) is 76.2 Å². The van der Waals surface area contributed by atoms with Gasteiger partial charge in [-0.3, -0.25) is 4.98 Å². The van der Waals surface area contributed by atoms with Crippen LogP contribution in [0.15, 0.2) is 97.3 Å². The van der Waals surface area contributed by atoms with Gasteiger partial charge in [-0.25, -0.2) is 0 Å². The van der Waals surface area contributed by atoms with Gasteiger partial charge in [-0.1, -0.05) is 36.4 Å². The third-order valence-electron chi connectivity index (χ3n) is 7.74. The van der Waals surface area contributed by atoms with Gasteiger partial charge in [0.2, 0.25) is 0 Å². The lowest BCUT2D eigenvalue weighted by molar-refractivity contribution is 0.0398. The van der Waals surface area contributed by atoms with E-state index in [1.165, 1.54) is 5.39 Å². The van der Waals surface area contributed by atoms with Crippen molar-refractivity contribution in [1.82, 2.24) is 4.98 Å². The molecule has 6 heteroatoms. The van der Waals surface area contributed by atoms with Crippen LogP contribution >= 0.6 is 0 Å². The van der Waals surface area contributed by atoms with Crippen molar-refractivity contribution >= 4 is 22.1 Å². The van der Waals surface area contributed by atoms with E-state index in [4.69, 9.17) is 4.74 Å². The maximum Gasteiger partial charge on any atom is 0.101 e. The molecular formula is C35H29N5O. The first-order valence-corrected chi connectivity index (χ1v) is 13.6. The van der Waals surface area contributed by atoms with E-state index in [0.29, 0.717) is 24.3 Å². The SMILES string of the molecule is CN(C)c1ccc2cc(-c3cc(C4CN(c5ccc(-c6ccncc6C#N)cc5)CCO4)ccc3C#N)ccc2c1. The number of fused-ring (bicyclic) bond motifs is 1. The lowest BCUT2D eigenvalue weighted by atomic mass is 9.94. The highest BCUT2D eigenvalue weighted by Gasteiger charge is 2.23. The molecule has 0 spiro atoms. The van der Waals surface area contributed by atoms with E-state index in [0.717, 1.165) is 51.1 Å². The zero-order chi connectivity index (χ0) is 28.3. The maximum atomic E-state index is 9.90. The summed E-state index contributed by atoms with van der Waals surface area (Å²) in [5.41, 5.74) is 8.33. The zero-order valence-electron chi connectivity index (χ0n) is 23.1. The molecule has 0 N–H and O–H groups in total. The highest BCUT2D eigenvalue weighted by atomic mass is 16.5. The van der Waals surface area contributed by atoms with Crippen LogP contribution in [0.4, 0.5) is 11.4 Å². The normalized spacial score (nSPS) is 14.8. The molecule has 1 fully saturated rings. The lowest BCUT2D eigenvalue weighted by Crippen LogP contribution is -2.38. The van der Waals surface area contributed by atoms with E-state index in [1.54, 1.807) is 12.4 Å². The van der Waals surface area contributed by atoms with Gasteiger partial charge in [-0.05, 0) is 81.6 Å². The minimum Gasteiger partial charge on any atom is -0.378 e. The Morgan fingerprint density at radius 2 is 1.56 bits per heavy atom. The molecule has 1 aliphatic heterocycles. The first kappa shape index (κ1) is 26.1. The second-order valence-corrected chi connectivity index (χ2v) is 10.4. The first-order chi connectivity index (χ1) is 20.0. The minimum absolute atomic E-state index is 0.122. The van der Waals surface area contributed by atoms with Gasteiger partial charge in [0.25, 0.3) is 0 Å². The van der Waals surface area contributed by atoms with Crippen molar-refractivity contribution in [2.24, 2.45) is 0 Å². The Labute approximate surface area is 240 Å². The molecule has 41 heavy (non-hydrogen) atoms. The number of rotatable bonds is 5. The van der Waals surface area contributed by atoms with Crippen LogP contribution in [0.2, 0.25) is 0 Å². The Balaban J connectivity index is 1.26. The molecule has 0 amide bonds. The summed E-state index contributed by atoms with van der Waals surface area (Å²) < 4.78 is 6.24. The quantitative estimate of drug-likeness (QED) is 0.242. The monoisotopic (exact) mass is 535 g/mol. The summed E-state index contributed by atoms with van der Waals surface area (Å²) >= 11 is 0. The van der Waals surface area contributed by atoms with E-state index in [-0.39, 0.29) is 6.10 Å². The molecule has 0 saturated carbocycles. The summed E-state index contributed by atoms with van der Waals surface area (Å²) in [6.07, 6.45) is 3.19. The van der Waals surface area contributed by atoms with Gasteiger partial charge in [0, 0.05) is 56.5 Å². The third-order valence-corrected chi connectivity index (χ3v) is 7.74. The van der Waals surface area contributed by atoms with Crippen LogP contribution in [-0.2, 0) is 4.74 Å². The highest BCUT2D eigenvalue weighted by Crippen LogP contribution is 2.34. The molecule has 6 nitrogen and oxygen atoms in total. The fraction of sp³-hybridized carbons (Fsp3) is 0.171. The molecule has 2 heterocycles. The van der Waals surface area contributed by atoms with Crippen LogP contribution in [-0.4, -0.2) is 38.8 Å². The largest absolute Gasteiger partial charge is 0.378 e. The van der Waals surface area contributed by atoms with Crippen LogP contribution in [0.1, 0.15) is 22.8 Å². The van der Waals surface area contributed by atoms with Gasteiger partial charge in [-0.2, -0.15) is 10.5 Å². The molecule has 5 aromatic rings. The van der Waals surface area contributed by atoms with E-state index in [2.05, 4.69) is 93.7 Å². The molecular weight excluding hydrogens is 506 g/mol. The number of nitrogens with zero attached hydrogens (tertiary/aromatic N) is 5. The number of morpholine rings is 1. The Hall–Kier alpha value is -5.17. The standard InChI is InChI=1S/C35H29N5O/c1-39(2)32-12-9-25-17-27(4-3-26(25)18-32)34-19-28(5-6-29(34)20-36)35-23-40(15-16-41-35)31-10-7-24(8-11-31)33-13-14-38-22-30(33)21-37/h3-14,17-19,22,35H,15-16,23H2,1-2H3. The molecule has 200 valence electrons. The van der Waals surface area contributed by atoms with Gasteiger partial charge in [0.05, 0.1) is 23.8 Å². The van der Waals surface area contributed by atoms with E-state index in [9.17, 15) is 10.5 Å². The van der Waals surface area contributed by atoms with Gasteiger partial charge < -0.3 is 14.5 Å². The summed E-state index contributed by atoms with van der Waals surface area (Å²) in [6.45, 7) is 2.10. The van der Waals surface area contributed by atoms with E-state index < -0.39 is 0 Å². The van der Waals surface area contributed by atoms with Gasteiger partial charge in [0.1, 0.15) is 12.2 Å². The number of aromatic nitrogens is 1. The molecule has 1 atom stereocenters. The number of pyridine rings is 1. The fourth-order valence-electron chi connectivity index (χ4n) is 5.45. The second-order valence-electron chi connectivity index (χ2n) is 10.4. The summed E-state index contributed by atoms with van der Waals surface area (Å²) in [6, 6.07) is 33.6. The Kier molecular flexibility index (Phi) is 7.08. The Bertz CT molecular complexity index is 1810. The van der Waals surface area contributed by atoms with Gasteiger partial charge in [-0.15, -0.1) is 0 Å². The summed E-state index contributed by atoms with van der Waals surface area (Å²) in [7, 11) is 4.08. The fourth-order valence-corrected chi connectivity index (χ4v) is 5.45. The van der Waals surface area contributed by atoms with Crippen LogP contribution in [0.5, 0.6) is 0 Å². The van der Waals surface area contributed by atoms with Crippen molar-refractivity contribution in [3.05, 3.63) is 114 Å². The predicted octanol–water partition coefficient (Wildman–Crippen LogP) is 6.96. The second kappa shape index (κ2) is 11.1. The van der Waals surface area contributed by atoms with E-state index >= 15 is 0 Å². The average Bonchev–Trinajstić information content (AvgIpc) is 3.04. The first-order valence-electron chi connectivity index (χ1n) is 13.6. The van der Waals surface area contributed by atoms with Crippen molar-refractivity contribution in [1.29, 1.82) is 10.5 Å². The third kappa shape index (κ3) is 5.22. The molecule has 4 aromatic carbocycles. The van der Waals surface area contributed by atoms with Crippen LogP contribution in [0, 0.1) is 22.7 Å². The predicted molar refractivity (Wildman–Crippen MR) is 164 cm³/mol. The highest BCUT2D eigenvalue weighted by molar-refractivity contribution is 5.90. The number of hydrogen-bond acceptors (Lipinski definition) is 6. The number of nitriles is 2. The summed E-state index contributed by atoms with van der Waals surface area (Å²) in [5, 5.41) is 21.7. The zero-order valence-corrected chi connectivity index (χ0v) is 23.1. The molecule has 0 aliphatic carbocycles. The van der Waals surface area contributed by atoms with Crippen LogP contribution < -0.4 is 9.80 Å². The van der Waals surface area contributed by atoms with E-state index in [1.807, 2.05) is 32.3 Å². The van der Waals surface area contributed by atoms with Gasteiger partial charge in [0.15, 0.2) is 0 Å². The molecule has 0 bridgehead atoms. The van der Waals surface area contributed by atoms with Crippen LogP contribution in [0.25, 0.3) is 33.0 Å². The smallest absolute Gasteiger partial charge is 0.101 e. The average molecular weight is 536 g/mol. The summed E-state index contributed by atoms with van der Waals surface area (Å²) in [5.74, 6) is 0. The molecule has 0 radical (unpaired) electrons. The van der Waals surface area contributed by atoms with Gasteiger partial charge >= 0.3 is 0 Å².